The lowest BCUT2D eigenvalue weighted by atomic mass is 10.3. The molecule has 0 unspecified atom stereocenters. The molecule has 0 radical (unpaired) electrons. The molecule has 0 amide bonds. The highest BCUT2D eigenvalue weighted by Gasteiger charge is 2.14. The van der Waals surface area contributed by atoms with Crippen LogP contribution in [0.15, 0.2) is 65.7 Å². The monoisotopic (exact) mass is 343 g/mol. The Balaban J connectivity index is 1.79. The van der Waals surface area contributed by atoms with Crippen LogP contribution in [0.5, 0.6) is 5.75 Å². The van der Waals surface area contributed by atoms with E-state index in [1.807, 2.05) is 19.2 Å². The lowest BCUT2D eigenvalue weighted by Crippen LogP contribution is -2.12. The molecule has 3 aromatic rings. The topological polar surface area (TPSA) is 73.2 Å². The Morgan fingerprint density at radius 3 is 2.21 bits per heavy atom. The number of methoxy groups -OCH3 is 1. The predicted octanol–water partition coefficient (Wildman–Crippen LogP) is 2.99. The zero-order valence-electron chi connectivity index (χ0n) is 13.3. The second kappa shape index (κ2) is 6.37. The number of aromatic nitrogens is 2. The van der Waals surface area contributed by atoms with Gasteiger partial charge in [0.25, 0.3) is 10.0 Å². The molecule has 0 spiro atoms. The second-order valence-electron chi connectivity index (χ2n) is 5.23. The van der Waals surface area contributed by atoms with Gasteiger partial charge in [-0.3, -0.25) is 4.72 Å². The largest absolute Gasteiger partial charge is 0.497 e. The summed E-state index contributed by atoms with van der Waals surface area (Å²) in [5.74, 6) is 0.604. The predicted molar refractivity (Wildman–Crippen MR) is 92.1 cm³/mol. The third-order valence-electron chi connectivity index (χ3n) is 3.48. The van der Waals surface area contributed by atoms with Gasteiger partial charge in [-0.25, -0.2) is 13.1 Å². The first-order valence-corrected chi connectivity index (χ1v) is 8.76. The van der Waals surface area contributed by atoms with Crippen molar-refractivity contribution in [2.24, 2.45) is 0 Å². The minimum absolute atomic E-state index is 0.176. The van der Waals surface area contributed by atoms with E-state index in [0.717, 1.165) is 11.4 Å². The molecule has 0 aliphatic heterocycles. The number of benzene rings is 2. The number of rotatable bonds is 5. The fourth-order valence-corrected chi connectivity index (χ4v) is 3.27. The summed E-state index contributed by atoms with van der Waals surface area (Å²) in [6, 6.07) is 15.1. The summed E-state index contributed by atoms with van der Waals surface area (Å²) < 4.78 is 34.1. The lowest BCUT2D eigenvalue weighted by molar-refractivity contribution is 0.414. The van der Waals surface area contributed by atoms with E-state index in [1.165, 1.54) is 19.2 Å². The van der Waals surface area contributed by atoms with E-state index in [0.29, 0.717) is 11.4 Å². The van der Waals surface area contributed by atoms with Crippen molar-refractivity contribution >= 4 is 15.7 Å². The third kappa shape index (κ3) is 3.41. The van der Waals surface area contributed by atoms with Gasteiger partial charge >= 0.3 is 0 Å². The molecule has 0 aliphatic rings. The van der Waals surface area contributed by atoms with Gasteiger partial charge in [-0.15, -0.1) is 0 Å². The lowest BCUT2D eigenvalue weighted by Gasteiger charge is -2.09. The third-order valence-corrected chi connectivity index (χ3v) is 4.87. The summed E-state index contributed by atoms with van der Waals surface area (Å²) in [5.41, 5.74) is 2.26. The van der Waals surface area contributed by atoms with Crippen molar-refractivity contribution in [3.63, 3.8) is 0 Å². The van der Waals surface area contributed by atoms with Gasteiger partial charge in [0.15, 0.2) is 0 Å². The van der Waals surface area contributed by atoms with Crippen molar-refractivity contribution in [3.8, 4) is 11.4 Å². The van der Waals surface area contributed by atoms with Crippen molar-refractivity contribution in [2.75, 3.05) is 11.8 Å². The summed E-state index contributed by atoms with van der Waals surface area (Å²) in [4.78, 5) is 0.176. The molecule has 0 saturated carbocycles. The minimum Gasteiger partial charge on any atom is -0.497 e. The summed E-state index contributed by atoms with van der Waals surface area (Å²) in [5, 5.41) is 4.32. The Morgan fingerprint density at radius 2 is 1.67 bits per heavy atom. The Bertz CT molecular complexity index is 930. The molecule has 1 N–H and O–H groups in total. The van der Waals surface area contributed by atoms with Crippen molar-refractivity contribution in [3.05, 3.63) is 66.5 Å². The highest BCUT2D eigenvalue weighted by molar-refractivity contribution is 7.92. The van der Waals surface area contributed by atoms with Gasteiger partial charge in [-0.05, 0) is 61.5 Å². The Hall–Kier alpha value is -2.80. The van der Waals surface area contributed by atoms with Crippen LogP contribution in [0.1, 0.15) is 5.69 Å². The van der Waals surface area contributed by atoms with Crippen LogP contribution in [-0.2, 0) is 10.0 Å². The molecule has 0 fully saturated rings. The Labute approximate surface area is 140 Å². The number of aryl methyl sites for hydroxylation is 1. The summed E-state index contributed by atoms with van der Waals surface area (Å²) in [7, 11) is -2.11. The SMILES string of the molecule is COc1ccc(S(=O)(=O)Nc2ccc(-n3ccc(C)n3)cc2)cc1. The van der Waals surface area contributed by atoms with Crippen molar-refractivity contribution < 1.29 is 13.2 Å². The van der Waals surface area contributed by atoms with Gasteiger partial charge in [0.1, 0.15) is 5.75 Å². The molecule has 2 aromatic carbocycles. The maximum Gasteiger partial charge on any atom is 0.261 e. The molecule has 24 heavy (non-hydrogen) atoms. The normalized spacial score (nSPS) is 11.2. The number of hydrogen-bond acceptors (Lipinski definition) is 4. The Morgan fingerprint density at radius 1 is 1.00 bits per heavy atom. The fourth-order valence-electron chi connectivity index (χ4n) is 2.21. The highest BCUT2D eigenvalue weighted by Crippen LogP contribution is 2.20. The van der Waals surface area contributed by atoms with Gasteiger partial charge in [-0.2, -0.15) is 5.10 Å². The van der Waals surface area contributed by atoms with E-state index in [1.54, 1.807) is 41.1 Å². The van der Waals surface area contributed by atoms with Gasteiger partial charge in [0, 0.05) is 11.9 Å². The molecule has 0 aliphatic carbocycles. The summed E-state index contributed by atoms with van der Waals surface area (Å²) in [6.07, 6.45) is 1.85. The van der Waals surface area contributed by atoms with Crippen molar-refractivity contribution in [2.45, 2.75) is 11.8 Å². The first kappa shape index (κ1) is 16.1. The smallest absolute Gasteiger partial charge is 0.261 e. The Kier molecular flexibility index (Phi) is 4.26. The summed E-state index contributed by atoms with van der Waals surface area (Å²) in [6.45, 7) is 1.91. The van der Waals surface area contributed by atoms with E-state index >= 15 is 0 Å². The molecule has 0 atom stereocenters. The standard InChI is InChI=1S/C17H17N3O3S/c1-13-11-12-20(18-13)15-5-3-14(4-6-15)19-24(21,22)17-9-7-16(23-2)8-10-17/h3-12,19H,1-2H3. The molecule has 0 bridgehead atoms. The molecular formula is C17H17N3O3S. The molecule has 1 aromatic heterocycles. The van der Waals surface area contributed by atoms with Crippen LogP contribution in [0.4, 0.5) is 5.69 Å². The fraction of sp³-hybridized carbons (Fsp3) is 0.118. The molecular weight excluding hydrogens is 326 g/mol. The second-order valence-corrected chi connectivity index (χ2v) is 6.91. The van der Waals surface area contributed by atoms with Crippen molar-refractivity contribution in [1.29, 1.82) is 0 Å². The number of sulfonamides is 1. The van der Waals surface area contributed by atoms with Crippen LogP contribution in [0.25, 0.3) is 5.69 Å². The quantitative estimate of drug-likeness (QED) is 0.773. The molecule has 1 heterocycles. The maximum absolute atomic E-state index is 12.4. The average molecular weight is 343 g/mol. The van der Waals surface area contributed by atoms with Gasteiger partial charge in [0.2, 0.25) is 0 Å². The number of nitrogens with one attached hydrogen (secondary N) is 1. The van der Waals surface area contributed by atoms with Crippen molar-refractivity contribution in [1.82, 2.24) is 9.78 Å². The number of ether oxygens (including phenoxy) is 1. The average Bonchev–Trinajstić information content (AvgIpc) is 3.02. The highest BCUT2D eigenvalue weighted by atomic mass is 32.2. The molecule has 6 nitrogen and oxygen atoms in total. The zero-order chi connectivity index (χ0) is 17.2. The number of anilines is 1. The van der Waals surface area contributed by atoms with Crippen LogP contribution in [0.3, 0.4) is 0 Å². The van der Waals surface area contributed by atoms with E-state index in [2.05, 4.69) is 9.82 Å². The van der Waals surface area contributed by atoms with E-state index in [-0.39, 0.29) is 4.90 Å². The van der Waals surface area contributed by atoms with Gasteiger partial charge < -0.3 is 4.74 Å². The van der Waals surface area contributed by atoms with Gasteiger partial charge in [0.05, 0.1) is 23.4 Å². The van der Waals surface area contributed by atoms with Crippen LogP contribution in [0.2, 0.25) is 0 Å². The molecule has 0 saturated heterocycles. The van der Waals surface area contributed by atoms with Crippen LogP contribution in [0, 0.1) is 6.92 Å². The van der Waals surface area contributed by atoms with E-state index in [4.69, 9.17) is 4.74 Å². The summed E-state index contributed by atoms with van der Waals surface area (Å²) >= 11 is 0. The van der Waals surface area contributed by atoms with Crippen LogP contribution >= 0.6 is 0 Å². The zero-order valence-corrected chi connectivity index (χ0v) is 14.1. The molecule has 124 valence electrons. The van der Waals surface area contributed by atoms with Crippen LogP contribution < -0.4 is 9.46 Å². The number of nitrogens with zero attached hydrogens (tertiary/aromatic N) is 2. The van der Waals surface area contributed by atoms with E-state index in [9.17, 15) is 8.42 Å². The first-order chi connectivity index (χ1) is 11.5. The molecule has 7 heteroatoms. The molecule has 3 rings (SSSR count). The maximum atomic E-state index is 12.4. The first-order valence-electron chi connectivity index (χ1n) is 7.27. The number of hydrogen-bond donors (Lipinski definition) is 1. The van der Waals surface area contributed by atoms with Gasteiger partial charge in [-0.1, -0.05) is 0 Å². The minimum atomic E-state index is -3.64. The van der Waals surface area contributed by atoms with E-state index < -0.39 is 10.0 Å². The van der Waals surface area contributed by atoms with Crippen LogP contribution in [-0.4, -0.2) is 25.3 Å².